The third-order valence-electron chi connectivity index (χ3n) is 2.98. The van der Waals surface area contributed by atoms with E-state index < -0.39 is 17.3 Å². The number of carboxylic acids is 1. The lowest BCUT2D eigenvalue weighted by Gasteiger charge is -2.07. The molecule has 0 aromatic heterocycles. The smallest absolute Gasteiger partial charge is 0.319 e. The van der Waals surface area contributed by atoms with Crippen molar-refractivity contribution in [1.29, 1.82) is 0 Å². The van der Waals surface area contributed by atoms with E-state index in [1.54, 1.807) is 0 Å². The van der Waals surface area contributed by atoms with Crippen LogP contribution in [0.2, 0.25) is 0 Å². The number of aliphatic carboxylic acids is 1. The number of carboxylic acid groups (broad SMARTS) is 1. The summed E-state index contributed by atoms with van der Waals surface area (Å²) in [5, 5.41) is 9.01. The minimum absolute atomic E-state index is 0.270. The fourth-order valence-electron chi connectivity index (χ4n) is 1.96. The molecule has 78 valence electrons. The Morgan fingerprint density at radius 2 is 1.93 bits per heavy atom. The molecular weight excluding hydrogens is 194 g/mol. The fourth-order valence-corrected chi connectivity index (χ4v) is 1.96. The van der Waals surface area contributed by atoms with Crippen LogP contribution in [0.1, 0.15) is 17.9 Å². The van der Waals surface area contributed by atoms with Crippen LogP contribution in [0, 0.1) is 5.41 Å². The van der Waals surface area contributed by atoms with Crippen molar-refractivity contribution in [3.05, 3.63) is 35.9 Å². The number of benzene rings is 1. The summed E-state index contributed by atoms with van der Waals surface area (Å²) >= 11 is 0. The Morgan fingerprint density at radius 1 is 1.33 bits per heavy atom. The minimum atomic E-state index is -1.37. The lowest BCUT2D eigenvalue weighted by Crippen LogP contribution is -2.33. The van der Waals surface area contributed by atoms with Crippen LogP contribution in [0.25, 0.3) is 0 Å². The van der Waals surface area contributed by atoms with E-state index >= 15 is 0 Å². The van der Waals surface area contributed by atoms with Crippen molar-refractivity contribution < 1.29 is 14.7 Å². The molecule has 0 bridgehead atoms. The molecule has 0 spiro atoms. The zero-order valence-corrected chi connectivity index (χ0v) is 8.01. The first-order chi connectivity index (χ1) is 7.09. The standard InChI is InChI=1S/C11H11NO3/c12-9(13)11(10(14)15)6-8(11)7-4-2-1-3-5-7/h1-5,8H,6H2,(H2,12,13)(H,14,15). The number of hydrogen-bond donors (Lipinski definition) is 2. The summed E-state index contributed by atoms with van der Waals surface area (Å²) in [6.07, 6.45) is 0.307. The van der Waals surface area contributed by atoms with Crippen LogP contribution in [0.4, 0.5) is 0 Å². The van der Waals surface area contributed by atoms with Gasteiger partial charge in [-0.1, -0.05) is 30.3 Å². The summed E-state index contributed by atoms with van der Waals surface area (Å²) in [7, 11) is 0. The second kappa shape index (κ2) is 3.08. The Kier molecular flexibility index (Phi) is 2.00. The van der Waals surface area contributed by atoms with E-state index in [0.29, 0.717) is 6.42 Å². The predicted octanol–water partition coefficient (Wildman–Crippen LogP) is 0.730. The van der Waals surface area contributed by atoms with Gasteiger partial charge in [-0.15, -0.1) is 0 Å². The normalized spacial score (nSPS) is 28.4. The summed E-state index contributed by atoms with van der Waals surface area (Å²) in [5.74, 6) is -2.14. The second-order valence-electron chi connectivity index (χ2n) is 3.81. The van der Waals surface area contributed by atoms with Crippen LogP contribution in [0.15, 0.2) is 30.3 Å². The number of carbonyl (C=O) groups is 2. The van der Waals surface area contributed by atoms with Gasteiger partial charge < -0.3 is 10.8 Å². The molecule has 1 aliphatic carbocycles. The van der Waals surface area contributed by atoms with Crippen molar-refractivity contribution in [3.63, 3.8) is 0 Å². The second-order valence-corrected chi connectivity index (χ2v) is 3.81. The van der Waals surface area contributed by atoms with Crippen LogP contribution < -0.4 is 5.73 Å². The maximum Gasteiger partial charge on any atom is 0.319 e. The topological polar surface area (TPSA) is 80.4 Å². The number of amides is 1. The SMILES string of the molecule is NC(=O)C1(C(=O)O)CC1c1ccccc1. The van der Waals surface area contributed by atoms with Gasteiger partial charge in [0.25, 0.3) is 0 Å². The maximum absolute atomic E-state index is 11.2. The molecule has 1 aliphatic rings. The molecule has 0 radical (unpaired) electrons. The zero-order chi connectivity index (χ0) is 11.1. The largest absolute Gasteiger partial charge is 0.480 e. The summed E-state index contributed by atoms with van der Waals surface area (Å²) in [6, 6.07) is 9.12. The predicted molar refractivity (Wildman–Crippen MR) is 53.1 cm³/mol. The molecule has 4 nitrogen and oxygen atoms in total. The fraction of sp³-hybridized carbons (Fsp3) is 0.273. The van der Waals surface area contributed by atoms with Gasteiger partial charge in [0.05, 0.1) is 0 Å². The number of nitrogens with two attached hydrogens (primary N) is 1. The van der Waals surface area contributed by atoms with Crippen LogP contribution in [-0.2, 0) is 9.59 Å². The Balaban J connectivity index is 2.31. The Labute approximate surface area is 86.7 Å². The number of primary amides is 1. The highest BCUT2D eigenvalue weighted by atomic mass is 16.4. The zero-order valence-electron chi connectivity index (χ0n) is 8.01. The molecule has 0 saturated heterocycles. The van der Waals surface area contributed by atoms with E-state index in [9.17, 15) is 9.59 Å². The molecule has 2 rings (SSSR count). The Bertz CT molecular complexity index is 399. The average molecular weight is 205 g/mol. The van der Waals surface area contributed by atoms with Crippen molar-refractivity contribution in [2.24, 2.45) is 11.1 Å². The molecule has 1 aromatic rings. The van der Waals surface area contributed by atoms with Crippen LogP contribution >= 0.6 is 0 Å². The lowest BCUT2D eigenvalue weighted by molar-refractivity contribution is -0.148. The molecule has 1 aromatic carbocycles. The number of hydrogen-bond acceptors (Lipinski definition) is 2. The first-order valence-corrected chi connectivity index (χ1v) is 4.67. The molecule has 15 heavy (non-hydrogen) atoms. The molecule has 4 heteroatoms. The first-order valence-electron chi connectivity index (χ1n) is 4.67. The lowest BCUT2D eigenvalue weighted by atomic mass is 9.99. The highest BCUT2D eigenvalue weighted by Gasteiger charge is 2.65. The van der Waals surface area contributed by atoms with Crippen molar-refractivity contribution in [3.8, 4) is 0 Å². The first kappa shape index (κ1) is 9.71. The van der Waals surface area contributed by atoms with Gasteiger partial charge in [-0.25, -0.2) is 0 Å². The molecule has 2 atom stereocenters. The van der Waals surface area contributed by atoms with E-state index in [1.807, 2.05) is 30.3 Å². The van der Waals surface area contributed by atoms with Gasteiger partial charge in [-0.2, -0.15) is 0 Å². The quantitative estimate of drug-likeness (QED) is 0.714. The Hall–Kier alpha value is -1.84. The van der Waals surface area contributed by atoms with Gasteiger partial charge in [0.15, 0.2) is 5.41 Å². The molecule has 2 unspecified atom stereocenters. The van der Waals surface area contributed by atoms with Crippen molar-refractivity contribution >= 4 is 11.9 Å². The van der Waals surface area contributed by atoms with E-state index in [2.05, 4.69) is 0 Å². The molecule has 1 saturated carbocycles. The van der Waals surface area contributed by atoms with Gasteiger partial charge in [-0.05, 0) is 12.0 Å². The molecule has 3 N–H and O–H groups in total. The van der Waals surface area contributed by atoms with Crippen LogP contribution in [-0.4, -0.2) is 17.0 Å². The van der Waals surface area contributed by atoms with Crippen LogP contribution in [0.3, 0.4) is 0 Å². The number of carbonyl (C=O) groups excluding carboxylic acids is 1. The molecule has 1 fully saturated rings. The van der Waals surface area contributed by atoms with Gasteiger partial charge >= 0.3 is 5.97 Å². The molecule has 1 amide bonds. The van der Waals surface area contributed by atoms with E-state index in [1.165, 1.54) is 0 Å². The van der Waals surface area contributed by atoms with Crippen molar-refractivity contribution in [2.45, 2.75) is 12.3 Å². The summed E-state index contributed by atoms with van der Waals surface area (Å²) in [6.45, 7) is 0. The van der Waals surface area contributed by atoms with Gasteiger partial charge in [0.2, 0.25) is 5.91 Å². The monoisotopic (exact) mass is 205 g/mol. The minimum Gasteiger partial charge on any atom is -0.480 e. The van der Waals surface area contributed by atoms with Gasteiger partial charge in [-0.3, -0.25) is 9.59 Å². The highest BCUT2D eigenvalue weighted by Crippen LogP contribution is 2.59. The molecule has 0 heterocycles. The summed E-state index contributed by atoms with van der Waals surface area (Å²) in [5.41, 5.74) is 4.63. The molecular formula is C11H11NO3. The van der Waals surface area contributed by atoms with E-state index in [0.717, 1.165) is 5.56 Å². The van der Waals surface area contributed by atoms with Crippen molar-refractivity contribution in [2.75, 3.05) is 0 Å². The summed E-state index contributed by atoms with van der Waals surface area (Å²) < 4.78 is 0. The maximum atomic E-state index is 11.2. The average Bonchev–Trinajstić information content (AvgIpc) is 2.95. The van der Waals surface area contributed by atoms with Gasteiger partial charge in [0, 0.05) is 5.92 Å². The number of rotatable bonds is 3. The molecule has 0 aliphatic heterocycles. The third kappa shape index (κ3) is 1.29. The van der Waals surface area contributed by atoms with E-state index in [4.69, 9.17) is 10.8 Å². The Morgan fingerprint density at radius 3 is 2.33 bits per heavy atom. The van der Waals surface area contributed by atoms with E-state index in [-0.39, 0.29) is 5.92 Å². The van der Waals surface area contributed by atoms with Gasteiger partial charge in [0.1, 0.15) is 0 Å². The third-order valence-corrected chi connectivity index (χ3v) is 2.98. The van der Waals surface area contributed by atoms with Crippen LogP contribution in [0.5, 0.6) is 0 Å². The summed E-state index contributed by atoms with van der Waals surface area (Å²) in [4.78, 5) is 22.2. The highest BCUT2D eigenvalue weighted by molar-refractivity contribution is 6.06. The van der Waals surface area contributed by atoms with Crippen molar-refractivity contribution in [1.82, 2.24) is 0 Å².